The van der Waals surface area contributed by atoms with Crippen LogP contribution >= 0.6 is 23.2 Å². The normalized spacial score (nSPS) is 12.1. The number of ether oxygens (including phenoxy) is 1. The third kappa shape index (κ3) is 8.02. The first-order valence-electron chi connectivity index (χ1n) is 11.1. The minimum Gasteiger partial charge on any atom is -0.495 e. The summed E-state index contributed by atoms with van der Waals surface area (Å²) in [6.07, 6.45) is 2.69. The largest absolute Gasteiger partial charge is 0.495 e. The van der Waals surface area contributed by atoms with Gasteiger partial charge in [-0.3, -0.25) is 13.9 Å². The van der Waals surface area contributed by atoms with E-state index in [0.717, 1.165) is 23.4 Å². The van der Waals surface area contributed by atoms with Gasteiger partial charge in [0.15, 0.2) is 0 Å². The van der Waals surface area contributed by atoms with Crippen molar-refractivity contribution in [3.63, 3.8) is 0 Å². The molecule has 0 aliphatic carbocycles. The molecular weight excluding hydrogens is 513 g/mol. The van der Waals surface area contributed by atoms with Crippen molar-refractivity contribution in [3.05, 3.63) is 58.1 Å². The standard InChI is InChI=1S/C24H31Cl2N3O5S/c1-5-6-13-27-24(31)17(2)28(15-18-9-7-8-10-20(18)26)23(30)16-29(35(4,32)33)21-14-19(25)11-12-22(21)34-3/h7-12,14,17H,5-6,13,15-16H2,1-4H3,(H,27,31)/t17-/m0/s1. The van der Waals surface area contributed by atoms with Crippen molar-refractivity contribution < 1.29 is 22.7 Å². The zero-order valence-electron chi connectivity index (χ0n) is 20.3. The van der Waals surface area contributed by atoms with Gasteiger partial charge >= 0.3 is 0 Å². The summed E-state index contributed by atoms with van der Waals surface area (Å²) in [5.41, 5.74) is 0.746. The molecule has 2 amide bonds. The van der Waals surface area contributed by atoms with E-state index in [1.165, 1.54) is 24.1 Å². The van der Waals surface area contributed by atoms with Gasteiger partial charge in [0.05, 0.1) is 19.1 Å². The van der Waals surface area contributed by atoms with Crippen LogP contribution < -0.4 is 14.4 Å². The van der Waals surface area contributed by atoms with Gasteiger partial charge in [-0.05, 0) is 43.2 Å². The highest BCUT2D eigenvalue weighted by molar-refractivity contribution is 7.92. The lowest BCUT2D eigenvalue weighted by Gasteiger charge is -2.32. The van der Waals surface area contributed by atoms with Crippen LogP contribution in [0.3, 0.4) is 0 Å². The molecule has 11 heteroatoms. The van der Waals surface area contributed by atoms with Crippen LogP contribution in [0.4, 0.5) is 5.69 Å². The van der Waals surface area contributed by atoms with Crippen LogP contribution in [-0.4, -0.2) is 57.6 Å². The van der Waals surface area contributed by atoms with Gasteiger partial charge in [-0.2, -0.15) is 0 Å². The SMILES string of the molecule is CCCCNC(=O)[C@H](C)N(Cc1ccccc1Cl)C(=O)CN(c1cc(Cl)ccc1OC)S(C)(=O)=O. The number of amides is 2. The number of hydrogen-bond acceptors (Lipinski definition) is 5. The lowest BCUT2D eigenvalue weighted by Crippen LogP contribution is -2.51. The maximum atomic E-state index is 13.6. The Morgan fingerprint density at radius 3 is 2.43 bits per heavy atom. The van der Waals surface area contributed by atoms with E-state index in [0.29, 0.717) is 17.1 Å². The Morgan fingerprint density at radius 2 is 1.83 bits per heavy atom. The second kappa shape index (κ2) is 13.0. The quantitative estimate of drug-likeness (QED) is 0.406. The maximum Gasteiger partial charge on any atom is 0.244 e. The number of hydrogen-bond donors (Lipinski definition) is 1. The second-order valence-electron chi connectivity index (χ2n) is 8.02. The van der Waals surface area contributed by atoms with E-state index in [1.54, 1.807) is 37.3 Å². The van der Waals surface area contributed by atoms with Gasteiger partial charge in [-0.25, -0.2) is 8.42 Å². The summed E-state index contributed by atoms with van der Waals surface area (Å²) in [7, 11) is -2.53. The van der Waals surface area contributed by atoms with Gasteiger partial charge < -0.3 is 15.0 Å². The van der Waals surface area contributed by atoms with Crippen LogP contribution in [0.1, 0.15) is 32.3 Å². The van der Waals surface area contributed by atoms with Crippen molar-refractivity contribution in [3.8, 4) is 5.75 Å². The zero-order valence-corrected chi connectivity index (χ0v) is 22.6. The number of carbonyl (C=O) groups excluding carboxylic acids is 2. The van der Waals surface area contributed by atoms with Crippen LogP contribution in [-0.2, 0) is 26.2 Å². The molecular formula is C24H31Cl2N3O5S. The molecule has 0 saturated heterocycles. The molecule has 0 aliphatic heterocycles. The van der Waals surface area contributed by atoms with Gasteiger partial charge in [0.1, 0.15) is 18.3 Å². The van der Waals surface area contributed by atoms with Crippen LogP contribution in [0.2, 0.25) is 10.0 Å². The molecule has 0 unspecified atom stereocenters. The summed E-state index contributed by atoms with van der Waals surface area (Å²) >= 11 is 12.4. The number of halogens is 2. The summed E-state index contributed by atoms with van der Waals surface area (Å²) < 4.78 is 31.6. The Kier molecular flexibility index (Phi) is 10.7. The molecule has 1 N–H and O–H groups in total. The monoisotopic (exact) mass is 543 g/mol. The molecule has 0 aliphatic rings. The Labute approximate surface area is 217 Å². The first-order valence-corrected chi connectivity index (χ1v) is 13.7. The van der Waals surface area contributed by atoms with Crippen LogP contribution in [0.15, 0.2) is 42.5 Å². The molecule has 0 aromatic heterocycles. The predicted molar refractivity (Wildman–Crippen MR) is 140 cm³/mol. The molecule has 192 valence electrons. The topological polar surface area (TPSA) is 96.0 Å². The van der Waals surface area contributed by atoms with Gasteiger partial charge in [0, 0.05) is 23.1 Å². The van der Waals surface area contributed by atoms with Gasteiger partial charge in [-0.1, -0.05) is 54.7 Å². The lowest BCUT2D eigenvalue weighted by atomic mass is 10.1. The van der Waals surface area contributed by atoms with Gasteiger partial charge in [0.25, 0.3) is 0 Å². The van der Waals surface area contributed by atoms with Crippen molar-refractivity contribution in [2.45, 2.75) is 39.3 Å². The third-order valence-electron chi connectivity index (χ3n) is 5.38. The van der Waals surface area contributed by atoms with Crippen LogP contribution in [0, 0.1) is 0 Å². The van der Waals surface area contributed by atoms with E-state index >= 15 is 0 Å². The molecule has 2 aromatic rings. The van der Waals surface area contributed by atoms with E-state index in [2.05, 4.69) is 5.32 Å². The molecule has 0 fully saturated rings. The number of carbonyl (C=O) groups is 2. The molecule has 0 spiro atoms. The van der Waals surface area contributed by atoms with E-state index < -0.39 is 28.5 Å². The van der Waals surface area contributed by atoms with Crippen LogP contribution in [0.25, 0.3) is 0 Å². The fourth-order valence-electron chi connectivity index (χ4n) is 3.38. The van der Waals surface area contributed by atoms with E-state index in [1.807, 2.05) is 6.92 Å². The number of nitrogens with zero attached hydrogens (tertiary/aromatic N) is 2. The van der Waals surface area contributed by atoms with Crippen molar-refractivity contribution in [2.24, 2.45) is 0 Å². The van der Waals surface area contributed by atoms with Crippen molar-refractivity contribution in [1.29, 1.82) is 0 Å². The van der Waals surface area contributed by atoms with E-state index in [4.69, 9.17) is 27.9 Å². The summed E-state index contributed by atoms with van der Waals surface area (Å²) in [6.45, 7) is 3.54. The number of sulfonamides is 1. The zero-order chi connectivity index (χ0) is 26.2. The fourth-order valence-corrected chi connectivity index (χ4v) is 4.59. The number of benzene rings is 2. The maximum absolute atomic E-state index is 13.6. The van der Waals surface area contributed by atoms with Gasteiger partial charge in [0.2, 0.25) is 21.8 Å². The Morgan fingerprint density at radius 1 is 1.14 bits per heavy atom. The lowest BCUT2D eigenvalue weighted by molar-refractivity contribution is -0.139. The molecule has 8 nitrogen and oxygen atoms in total. The van der Waals surface area contributed by atoms with Crippen molar-refractivity contribution in [2.75, 3.05) is 30.8 Å². The number of rotatable bonds is 12. The van der Waals surface area contributed by atoms with Crippen molar-refractivity contribution >= 4 is 50.7 Å². The third-order valence-corrected chi connectivity index (χ3v) is 7.11. The second-order valence-corrected chi connectivity index (χ2v) is 10.8. The average Bonchev–Trinajstić information content (AvgIpc) is 2.80. The minimum absolute atomic E-state index is 0.0190. The molecule has 0 radical (unpaired) electrons. The first-order chi connectivity index (χ1) is 16.5. The Hall–Kier alpha value is -2.49. The Bertz CT molecular complexity index is 1140. The van der Waals surface area contributed by atoms with Crippen molar-refractivity contribution in [1.82, 2.24) is 10.2 Å². The highest BCUT2D eigenvalue weighted by Crippen LogP contribution is 2.33. The number of nitrogens with one attached hydrogen (secondary N) is 1. The summed E-state index contributed by atoms with van der Waals surface area (Å²) in [5.74, 6) is -0.698. The molecule has 0 bridgehead atoms. The highest BCUT2D eigenvalue weighted by Gasteiger charge is 2.31. The first kappa shape index (κ1) is 28.7. The smallest absolute Gasteiger partial charge is 0.244 e. The summed E-state index contributed by atoms with van der Waals surface area (Å²) in [4.78, 5) is 27.7. The summed E-state index contributed by atoms with van der Waals surface area (Å²) in [6, 6.07) is 10.6. The molecule has 2 aromatic carbocycles. The molecule has 1 atom stereocenters. The Balaban J connectivity index is 2.43. The number of unbranched alkanes of at least 4 members (excludes halogenated alkanes) is 1. The molecule has 2 rings (SSSR count). The average molecular weight is 545 g/mol. The number of anilines is 1. The fraction of sp³-hybridized carbons (Fsp3) is 0.417. The summed E-state index contributed by atoms with van der Waals surface area (Å²) in [5, 5.41) is 3.53. The van der Waals surface area contributed by atoms with Gasteiger partial charge in [-0.15, -0.1) is 0 Å². The minimum atomic E-state index is -3.92. The molecule has 0 heterocycles. The number of methoxy groups -OCH3 is 1. The van der Waals surface area contributed by atoms with E-state index in [-0.39, 0.29) is 28.9 Å². The predicted octanol–water partition coefficient (Wildman–Crippen LogP) is 4.10. The van der Waals surface area contributed by atoms with Crippen LogP contribution in [0.5, 0.6) is 5.75 Å². The molecule has 35 heavy (non-hydrogen) atoms. The highest BCUT2D eigenvalue weighted by atomic mass is 35.5. The van der Waals surface area contributed by atoms with E-state index in [9.17, 15) is 18.0 Å². The molecule has 0 saturated carbocycles.